The summed E-state index contributed by atoms with van der Waals surface area (Å²) in [5.41, 5.74) is 2.22. The van der Waals surface area contributed by atoms with Crippen molar-refractivity contribution >= 4 is 29.3 Å². The van der Waals surface area contributed by atoms with Crippen LogP contribution in [0.1, 0.15) is 36.2 Å². The number of thioether (sulfide) groups is 1. The number of amides is 1. The highest BCUT2D eigenvalue weighted by Crippen LogP contribution is 2.22. The van der Waals surface area contributed by atoms with Gasteiger partial charge in [-0.05, 0) is 43.7 Å². The maximum Gasteiger partial charge on any atom is 0.304 e. The van der Waals surface area contributed by atoms with Gasteiger partial charge in [0.15, 0.2) is 0 Å². The Hall–Kier alpha value is -2.47. The van der Waals surface area contributed by atoms with Crippen molar-refractivity contribution in [3.63, 3.8) is 0 Å². The van der Waals surface area contributed by atoms with Gasteiger partial charge >= 0.3 is 5.97 Å². The van der Waals surface area contributed by atoms with Gasteiger partial charge in [0.05, 0.1) is 18.1 Å². The number of carboxylic acid groups (broad SMARTS) is 1. The molecule has 138 valence electrons. The van der Waals surface area contributed by atoms with Gasteiger partial charge in [-0.2, -0.15) is 11.8 Å². The Morgan fingerprint density at radius 1 is 1.15 bits per heavy atom. The van der Waals surface area contributed by atoms with E-state index in [1.54, 1.807) is 30.0 Å². The second-order valence-corrected chi connectivity index (χ2v) is 7.12. The summed E-state index contributed by atoms with van der Waals surface area (Å²) in [6.45, 7) is 3.83. The highest BCUT2D eigenvalue weighted by molar-refractivity contribution is 7.98. The monoisotopic (exact) mass is 373 g/mol. The van der Waals surface area contributed by atoms with Crippen LogP contribution in [0, 0.1) is 0 Å². The van der Waals surface area contributed by atoms with Crippen LogP contribution in [0.2, 0.25) is 0 Å². The Morgan fingerprint density at radius 2 is 1.92 bits per heavy atom. The van der Waals surface area contributed by atoms with Gasteiger partial charge in [-0.15, -0.1) is 0 Å². The minimum Gasteiger partial charge on any atom is -0.490 e. The van der Waals surface area contributed by atoms with Gasteiger partial charge in [0, 0.05) is 17.2 Å². The molecule has 26 heavy (non-hydrogen) atoms. The van der Waals surface area contributed by atoms with Gasteiger partial charge in [-0.1, -0.05) is 24.3 Å². The second kappa shape index (κ2) is 9.87. The van der Waals surface area contributed by atoms with Crippen molar-refractivity contribution in [3.8, 4) is 5.75 Å². The lowest BCUT2D eigenvalue weighted by molar-refractivity contribution is -0.136. The van der Waals surface area contributed by atoms with Gasteiger partial charge in [0.25, 0.3) is 5.91 Å². The number of hydrogen-bond donors (Lipinski definition) is 2. The molecular formula is C20H23NO4S. The third-order valence-electron chi connectivity index (χ3n) is 3.41. The molecule has 0 saturated heterocycles. The molecule has 0 aliphatic rings. The number of benzene rings is 2. The van der Waals surface area contributed by atoms with Crippen LogP contribution in [0.15, 0.2) is 48.5 Å². The highest BCUT2D eigenvalue weighted by atomic mass is 32.2. The van der Waals surface area contributed by atoms with Crippen molar-refractivity contribution in [1.29, 1.82) is 0 Å². The van der Waals surface area contributed by atoms with Gasteiger partial charge < -0.3 is 15.2 Å². The smallest absolute Gasteiger partial charge is 0.304 e. The molecule has 0 saturated carbocycles. The molecule has 2 aromatic rings. The van der Waals surface area contributed by atoms with E-state index >= 15 is 0 Å². The largest absolute Gasteiger partial charge is 0.490 e. The Morgan fingerprint density at radius 3 is 2.65 bits per heavy atom. The molecule has 0 aliphatic heterocycles. The first-order valence-corrected chi connectivity index (χ1v) is 9.56. The van der Waals surface area contributed by atoms with Crippen molar-refractivity contribution < 1.29 is 19.4 Å². The van der Waals surface area contributed by atoms with E-state index in [4.69, 9.17) is 9.84 Å². The fraction of sp³-hybridized carbons (Fsp3) is 0.300. The zero-order valence-corrected chi connectivity index (χ0v) is 15.7. The van der Waals surface area contributed by atoms with Crippen LogP contribution >= 0.6 is 11.8 Å². The maximum absolute atomic E-state index is 12.6. The van der Waals surface area contributed by atoms with Gasteiger partial charge in [-0.3, -0.25) is 9.59 Å². The zero-order valence-electron chi connectivity index (χ0n) is 14.9. The Kier molecular flexibility index (Phi) is 7.53. The van der Waals surface area contributed by atoms with Gasteiger partial charge in [-0.25, -0.2) is 0 Å². The molecule has 1 amide bonds. The van der Waals surface area contributed by atoms with Crippen LogP contribution in [-0.4, -0.2) is 28.8 Å². The zero-order chi connectivity index (χ0) is 18.9. The van der Waals surface area contributed by atoms with E-state index in [0.717, 1.165) is 5.56 Å². The van der Waals surface area contributed by atoms with E-state index in [0.29, 0.717) is 28.5 Å². The molecule has 6 heteroatoms. The number of carbonyl (C=O) groups is 2. The van der Waals surface area contributed by atoms with Crippen LogP contribution < -0.4 is 10.1 Å². The molecule has 0 atom stereocenters. The molecule has 5 nitrogen and oxygen atoms in total. The van der Waals surface area contributed by atoms with E-state index in [1.807, 2.05) is 44.2 Å². The van der Waals surface area contributed by atoms with E-state index < -0.39 is 5.97 Å². The lowest BCUT2D eigenvalue weighted by atomic mass is 10.1. The molecule has 0 spiro atoms. The molecule has 2 aromatic carbocycles. The average Bonchev–Trinajstić information content (AvgIpc) is 2.59. The SMILES string of the molecule is CC(C)Oc1ccccc1C(=O)Nc1cccc(CSCCC(=O)O)c1. The van der Waals surface area contributed by atoms with Crippen LogP contribution in [0.3, 0.4) is 0 Å². The van der Waals surface area contributed by atoms with E-state index in [1.165, 1.54) is 0 Å². The topological polar surface area (TPSA) is 75.6 Å². The minimum atomic E-state index is -0.791. The summed E-state index contributed by atoms with van der Waals surface area (Å²) in [5, 5.41) is 11.6. The summed E-state index contributed by atoms with van der Waals surface area (Å²) in [6, 6.07) is 14.7. The van der Waals surface area contributed by atoms with Gasteiger partial charge in [0.1, 0.15) is 5.75 Å². The molecule has 0 radical (unpaired) electrons. The van der Waals surface area contributed by atoms with Crippen molar-refractivity contribution in [2.45, 2.75) is 32.1 Å². The quantitative estimate of drug-likeness (QED) is 0.636. The summed E-state index contributed by atoms with van der Waals surface area (Å²) in [5.74, 6) is 0.800. The summed E-state index contributed by atoms with van der Waals surface area (Å²) < 4.78 is 5.70. The summed E-state index contributed by atoms with van der Waals surface area (Å²) in [4.78, 5) is 23.1. The Bertz CT molecular complexity index is 761. The number of aliphatic carboxylic acids is 1. The first-order valence-electron chi connectivity index (χ1n) is 8.41. The molecule has 0 aromatic heterocycles. The van der Waals surface area contributed by atoms with Crippen molar-refractivity contribution in [2.24, 2.45) is 0 Å². The van der Waals surface area contributed by atoms with Crippen molar-refractivity contribution in [3.05, 3.63) is 59.7 Å². The molecule has 0 fully saturated rings. The number of nitrogens with one attached hydrogen (secondary N) is 1. The number of para-hydroxylation sites is 1. The Balaban J connectivity index is 2.01. The van der Waals surface area contributed by atoms with Crippen molar-refractivity contribution in [1.82, 2.24) is 0 Å². The van der Waals surface area contributed by atoms with Crippen molar-refractivity contribution in [2.75, 3.05) is 11.1 Å². The lowest BCUT2D eigenvalue weighted by Gasteiger charge is -2.14. The molecular weight excluding hydrogens is 350 g/mol. The van der Waals surface area contributed by atoms with E-state index in [2.05, 4.69) is 5.32 Å². The third kappa shape index (κ3) is 6.44. The fourth-order valence-electron chi connectivity index (χ4n) is 2.30. The number of anilines is 1. The lowest BCUT2D eigenvalue weighted by Crippen LogP contribution is -2.15. The fourth-order valence-corrected chi connectivity index (χ4v) is 3.18. The predicted molar refractivity (Wildman–Crippen MR) is 105 cm³/mol. The predicted octanol–water partition coefficient (Wildman–Crippen LogP) is 4.43. The standard InChI is InChI=1S/C20H23NO4S/c1-14(2)25-18-9-4-3-8-17(18)20(24)21-16-7-5-6-15(12-16)13-26-11-10-19(22)23/h3-9,12,14H,10-11,13H2,1-2H3,(H,21,24)(H,22,23). The van der Waals surface area contributed by atoms with Crippen LogP contribution in [0.25, 0.3) is 0 Å². The van der Waals surface area contributed by atoms with E-state index in [9.17, 15) is 9.59 Å². The number of carboxylic acids is 1. The number of hydrogen-bond acceptors (Lipinski definition) is 4. The van der Waals surface area contributed by atoms with E-state index in [-0.39, 0.29) is 18.4 Å². The number of ether oxygens (including phenoxy) is 1. The van der Waals surface area contributed by atoms with Crippen LogP contribution in [0.4, 0.5) is 5.69 Å². The summed E-state index contributed by atoms with van der Waals surface area (Å²) in [7, 11) is 0. The molecule has 0 heterocycles. The molecule has 2 N–H and O–H groups in total. The van der Waals surface area contributed by atoms with Gasteiger partial charge in [0.2, 0.25) is 0 Å². The summed E-state index contributed by atoms with van der Waals surface area (Å²) >= 11 is 1.55. The average molecular weight is 373 g/mol. The number of carbonyl (C=O) groups excluding carboxylic acids is 1. The molecule has 0 unspecified atom stereocenters. The summed E-state index contributed by atoms with van der Waals surface area (Å²) in [6.07, 6.45) is 0.128. The van der Waals surface area contributed by atoms with Crippen LogP contribution in [0.5, 0.6) is 5.75 Å². The maximum atomic E-state index is 12.6. The molecule has 2 rings (SSSR count). The molecule has 0 bridgehead atoms. The van der Waals surface area contributed by atoms with Crippen LogP contribution in [-0.2, 0) is 10.5 Å². The first-order chi connectivity index (χ1) is 12.5. The third-order valence-corrected chi connectivity index (χ3v) is 4.44. The Labute approximate surface area is 157 Å². The minimum absolute atomic E-state index is 0.0184. The normalized spacial score (nSPS) is 10.6. The molecule has 0 aliphatic carbocycles. The number of rotatable bonds is 9. The second-order valence-electron chi connectivity index (χ2n) is 6.01. The first kappa shape index (κ1) is 19.8. The highest BCUT2D eigenvalue weighted by Gasteiger charge is 2.13.